The third-order valence-corrected chi connectivity index (χ3v) is 6.22. The number of likely N-dealkylation sites (tertiary alicyclic amines) is 1. The monoisotopic (exact) mass is 455 g/mol. The van der Waals surface area contributed by atoms with Crippen LogP contribution in [0.4, 0.5) is 0 Å². The van der Waals surface area contributed by atoms with Gasteiger partial charge in [0.15, 0.2) is 0 Å². The minimum absolute atomic E-state index is 0.173. The third kappa shape index (κ3) is 6.68. The highest BCUT2D eigenvalue weighted by molar-refractivity contribution is 6.00. The van der Waals surface area contributed by atoms with E-state index >= 15 is 0 Å². The molecule has 180 valence electrons. The van der Waals surface area contributed by atoms with Crippen LogP contribution in [0.3, 0.4) is 0 Å². The number of hydrogen-bond acceptors (Lipinski definition) is 5. The van der Waals surface area contributed by atoms with Gasteiger partial charge in [0.05, 0.1) is 12.2 Å². The number of aromatic amines is 1. The van der Waals surface area contributed by atoms with Gasteiger partial charge in [-0.05, 0) is 48.8 Å². The van der Waals surface area contributed by atoms with Crippen molar-refractivity contribution in [3.63, 3.8) is 0 Å². The van der Waals surface area contributed by atoms with Gasteiger partial charge in [-0.25, -0.2) is 4.79 Å². The van der Waals surface area contributed by atoms with Gasteiger partial charge in [0.25, 0.3) is 5.91 Å². The second-order valence-corrected chi connectivity index (χ2v) is 9.39. The predicted octanol–water partition coefficient (Wildman–Crippen LogP) is 3.84. The number of aryl methyl sites for hydroxylation is 1. The molecule has 1 aliphatic heterocycles. The average Bonchev–Trinajstić information content (AvgIpc) is 3.06. The summed E-state index contributed by atoms with van der Waals surface area (Å²) < 4.78 is 10.1. The van der Waals surface area contributed by atoms with Crippen molar-refractivity contribution in [2.45, 2.75) is 47.2 Å². The van der Waals surface area contributed by atoms with E-state index in [9.17, 15) is 9.59 Å². The average molecular weight is 456 g/mol. The molecule has 0 bridgehead atoms. The zero-order chi connectivity index (χ0) is 24.0. The van der Waals surface area contributed by atoms with E-state index in [1.165, 1.54) is 12.0 Å². The van der Waals surface area contributed by atoms with E-state index in [1.54, 1.807) is 21.0 Å². The topological polar surface area (TPSA) is 83.7 Å². The first-order valence-electron chi connectivity index (χ1n) is 11.7. The molecule has 3 rings (SSSR count). The molecule has 1 aromatic heterocycles. The van der Waals surface area contributed by atoms with Gasteiger partial charge in [-0.3, -0.25) is 9.69 Å². The molecule has 2 heterocycles. The maximum atomic E-state index is 12.8. The normalized spacial score (nSPS) is 18.8. The summed E-state index contributed by atoms with van der Waals surface area (Å²) in [5.74, 6) is 0.796. The summed E-state index contributed by atoms with van der Waals surface area (Å²) in [5, 5.41) is 2.95. The predicted molar refractivity (Wildman–Crippen MR) is 128 cm³/mol. The van der Waals surface area contributed by atoms with E-state index in [-0.39, 0.29) is 12.5 Å². The maximum absolute atomic E-state index is 12.8. The quantitative estimate of drug-likeness (QED) is 0.443. The summed E-state index contributed by atoms with van der Waals surface area (Å²) in [7, 11) is 1.55. The summed E-state index contributed by atoms with van der Waals surface area (Å²) in [4.78, 5) is 30.7. The number of nitrogens with one attached hydrogen (secondary N) is 2. The number of rotatable bonds is 9. The van der Waals surface area contributed by atoms with Crippen LogP contribution in [-0.2, 0) is 22.6 Å². The van der Waals surface area contributed by atoms with Crippen molar-refractivity contribution in [1.29, 1.82) is 0 Å². The summed E-state index contributed by atoms with van der Waals surface area (Å²) in [6.07, 6.45) is 1.31. The number of ether oxygens (including phenoxy) is 2. The van der Waals surface area contributed by atoms with Gasteiger partial charge >= 0.3 is 5.97 Å². The van der Waals surface area contributed by atoms with Crippen LogP contribution in [-0.4, -0.2) is 55.2 Å². The van der Waals surface area contributed by atoms with Crippen molar-refractivity contribution in [1.82, 2.24) is 15.2 Å². The number of methoxy groups -OCH3 is 1. The van der Waals surface area contributed by atoms with E-state index in [4.69, 9.17) is 9.47 Å². The molecule has 2 N–H and O–H groups in total. The van der Waals surface area contributed by atoms with Gasteiger partial charge in [0.1, 0.15) is 12.3 Å². The van der Waals surface area contributed by atoms with E-state index < -0.39 is 5.97 Å². The van der Waals surface area contributed by atoms with Crippen molar-refractivity contribution in [3.8, 4) is 0 Å². The van der Waals surface area contributed by atoms with Crippen LogP contribution >= 0.6 is 0 Å². The molecular weight excluding hydrogens is 418 g/mol. The number of esters is 1. The van der Waals surface area contributed by atoms with Crippen LogP contribution < -0.4 is 5.32 Å². The maximum Gasteiger partial charge on any atom is 0.340 e. The number of nitrogens with zero attached hydrogens (tertiary/aromatic N) is 1. The lowest BCUT2D eigenvalue weighted by Crippen LogP contribution is -2.38. The van der Waals surface area contributed by atoms with Crippen LogP contribution in [0.5, 0.6) is 0 Å². The molecule has 7 heteroatoms. The standard InChI is InChI=1S/C26H37N3O4/c1-17-12-18(2)15-29(14-17)16-22-8-6-21(7-9-22)13-27-25(30)24-19(3)23(20(4)28-24)26(31)33-11-10-32-5/h6-9,17-18,28H,10-16H2,1-5H3,(H,27,30). The number of aromatic nitrogens is 1. The molecule has 33 heavy (non-hydrogen) atoms. The zero-order valence-electron chi connectivity index (χ0n) is 20.5. The fraction of sp³-hybridized carbons (Fsp3) is 0.538. The fourth-order valence-electron chi connectivity index (χ4n) is 4.79. The van der Waals surface area contributed by atoms with Crippen LogP contribution in [0.2, 0.25) is 0 Å². The lowest BCUT2D eigenvalue weighted by molar-refractivity contribution is 0.0386. The number of H-pyrrole nitrogens is 1. The number of amides is 1. The lowest BCUT2D eigenvalue weighted by atomic mass is 9.91. The van der Waals surface area contributed by atoms with Crippen LogP contribution in [0.25, 0.3) is 0 Å². The molecule has 0 saturated carbocycles. The largest absolute Gasteiger partial charge is 0.460 e. The van der Waals surface area contributed by atoms with Gasteiger partial charge in [-0.1, -0.05) is 38.1 Å². The van der Waals surface area contributed by atoms with Crippen molar-refractivity contribution in [2.75, 3.05) is 33.4 Å². The van der Waals surface area contributed by atoms with E-state index in [0.29, 0.717) is 35.7 Å². The molecule has 0 spiro atoms. The van der Waals surface area contributed by atoms with Crippen LogP contribution in [0.15, 0.2) is 24.3 Å². The molecule has 1 fully saturated rings. The Morgan fingerprint density at radius 1 is 1.06 bits per heavy atom. The first kappa shape index (κ1) is 25.0. The Kier molecular flexibility index (Phi) is 8.69. The van der Waals surface area contributed by atoms with Gasteiger partial charge in [0.2, 0.25) is 0 Å². The lowest BCUT2D eigenvalue weighted by Gasteiger charge is -2.35. The molecule has 2 unspecified atom stereocenters. The highest BCUT2D eigenvalue weighted by Crippen LogP contribution is 2.23. The van der Waals surface area contributed by atoms with Crippen molar-refractivity contribution in [3.05, 3.63) is 57.9 Å². The second-order valence-electron chi connectivity index (χ2n) is 9.39. The Balaban J connectivity index is 1.55. The summed E-state index contributed by atoms with van der Waals surface area (Å²) >= 11 is 0. The Morgan fingerprint density at radius 3 is 2.33 bits per heavy atom. The minimum Gasteiger partial charge on any atom is -0.460 e. The highest BCUT2D eigenvalue weighted by atomic mass is 16.6. The van der Waals surface area contributed by atoms with Crippen LogP contribution in [0, 0.1) is 25.7 Å². The Labute approximate surface area is 196 Å². The molecular formula is C26H37N3O4. The van der Waals surface area contributed by atoms with Crippen molar-refractivity contribution >= 4 is 11.9 Å². The first-order valence-corrected chi connectivity index (χ1v) is 11.7. The SMILES string of the molecule is COCCOC(=O)c1c(C)[nH]c(C(=O)NCc2ccc(CN3CC(C)CC(C)C3)cc2)c1C. The molecule has 0 radical (unpaired) electrons. The second kappa shape index (κ2) is 11.5. The molecule has 1 amide bonds. The van der Waals surface area contributed by atoms with E-state index in [1.807, 2.05) is 0 Å². The van der Waals surface area contributed by atoms with Crippen molar-refractivity contribution < 1.29 is 19.1 Å². The molecule has 7 nitrogen and oxygen atoms in total. The summed E-state index contributed by atoms with van der Waals surface area (Å²) in [6, 6.07) is 8.42. The Bertz CT molecular complexity index is 941. The van der Waals surface area contributed by atoms with Crippen molar-refractivity contribution in [2.24, 2.45) is 11.8 Å². The molecule has 0 aliphatic carbocycles. The summed E-state index contributed by atoms with van der Waals surface area (Å²) in [6.45, 7) is 12.4. The number of carbonyl (C=O) groups is 2. The smallest absolute Gasteiger partial charge is 0.340 e. The number of hydrogen-bond donors (Lipinski definition) is 2. The Morgan fingerprint density at radius 2 is 1.70 bits per heavy atom. The first-order chi connectivity index (χ1) is 15.8. The summed E-state index contributed by atoms with van der Waals surface area (Å²) in [5.41, 5.74) is 4.32. The molecule has 1 aromatic carbocycles. The molecule has 2 atom stereocenters. The molecule has 1 aliphatic rings. The number of benzene rings is 1. The van der Waals surface area contributed by atoms with Gasteiger partial charge in [-0.2, -0.15) is 0 Å². The van der Waals surface area contributed by atoms with Crippen LogP contribution in [0.1, 0.15) is 63.5 Å². The third-order valence-electron chi connectivity index (χ3n) is 6.22. The van der Waals surface area contributed by atoms with Gasteiger partial charge in [0, 0.05) is 39.0 Å². The molecule has 2 aromatic rings. The van der Waals surface area contributed by atoms with E-state index in [0.717, 1.165) is 37.0 Å². The number of carbonyl (C=O) groups excluding carboxylic acids is 2. The van der Waals surface area contributed by atoms with E-state index in [2.05, 4.69) is 53.3 Å². The highest BCUT2D eigenvalue weighted by Gasteiger charge is 2.23. The number of piperidine rings is 1. The Hall–Kier alpha value is -2.64. The fourth-order valence-corrected chi connectivity index (χ4v) is 4.79. The van der Waals surface area contributed by atoms with Gasteiger partial charge in [-0.15, -0.1) is 0 Å². The zero-order valence-corrected chi connectivity index (χ0v) is 20.5. The van der Waals surface area contributed by atoms with Gasteiger partial charge < -0.3 is 19.8 Å². The minimum atomic E-state index is -0.453. The molecule has 1 saturated heterocycles.